The number of quaternary nitrogens is 1. The molecule has 0 bridgehead atoms. The van der Waals surface area contributed by atoms with Crippen molar-refractivity contribution in [3.05, 3.63) is 51.7 Å². The van der Waals surface area contributed by atoms with Crippen LogP contribution in [0.2, 0.25) is 0 Å². The van der Waals surface area contributed by atoms with Crippen LogP contribution in [0.5, 0.6) is 5.75 Å². The monoisotopic (exact) mass is 359 g/mol. The van der Waals surface area contributed by atoms with Gasteiger partial charge in [0.2, 0.25) is 0 Å². The number of ether oxygens (including phenoxy) is 1. The molecule has 25 heavy (non-hydrogen) atoms. The number of rotatable bonds is 6. The molecule has 3 rings (SSSR count). The van der Waals surface area contributed by atoms with Gasteiger partial charge >= 0.3 is 0 Å². The van der Waals surface area contributed by atoms with Crippen LogP contribution in [-0.4, -0.2) is 37.0 Å². The van der Waals surface area contributed by atoms with Gasteiger partial charge in [0.05, 0.1) is 19.2 Å². The van der Waals surface area contributed by atoms with Crippen LogP contribution >= 0.6 is 11.3 Å². The van der Waals surface area contributed by atoms with E-state index in [1.165, 1.54) is 10.4 Å². The summed E-state index contributed by atoms with van der Waals surface area (Å²) in [7, 11) is 1.67. The molecule has 1 aliphatic heterocycles. The average Bonchev–Trinajstić information content (AvgIpc) is 3.13. The summed E-state index contributed by atoms with van der Waals surface area (Å²) >= 11 is 1.80. The van der Waals surface area contributed by atoms with Crippen LogP contribution in [-0.2, 0) is 11.2 Å². The summed E-state index contributed by atoms with van der Waals surface area (Å²) in [6.45, 7) is 5.63. The van der Waals surface area contributed by atoms with Crippen LogP contribution < -0.4 is 10.1 Å². The number of hydrogen-bond acceptors (Lipinski definition) is 3. The van der Waals surface area contributed by atoms with Crippen LogP contribution in [0.3, 0.4) is 0 Å². The summed E-state index contributed by atoms with van der Waals surface area (Å²) in [5, 5.41) is 4.29. The van der Waals surface area contributed by atoms with Gasteiger partial charge in [0.25, 0.3) is 5.91 Å². The number of fused-ring (bicyclic) bond motifs is 1. The quantitative estimate of drug-likeness (QED) is 0.862. The number of amides is 1. The molecule has 4 nitrogen and oxygen atoms in total. The third-order valence-corrected chi connectivity index (χ3v) is 6.05. The highest BCUT2D eigenvalue weighted by atomic mass is 32.1. The van der Waals surface area contributed by atoms with Gasteiger partial charge in [0.1, 0.15) is 5.75 Å². The van der Waals surface area contributed by atoms with Crippen molar-refractivity contribution < 1.29 is 14.8 Å². The van der Waals surface area contributed by atoms with E-state index in [0.29, 0.717) is 12.6 Å². The van der Waals surface area contributed by atoms with Crippen molar-refractivity contribution >= 4 is 17.2 Å². The molecule has 0 fully saturated rings. The normalized spacial score (nSPS) is 17.9. The van der Waals surface area contributed by atoms with Crippen molar-refractivity contribution in [2.24, 2.45) is 0 Å². The maximum atomic E-state index is 12.9. The SMILES string of the molecule is CC[C@@H](C)[NH2+]CC(=O)N1CCc2sccc2[C@H]1c1ccc(OC)cc1. The fourth-order valence-corrected chi connectivity index (χ4v) is 4.22. The average molecular weight is 360 g/mol. The number of nitrogens with zero attached hydrogens (tertiary/aromatic N) is 1. The Balaban J connectivity index is 1.87. The smallest absolute Gasteiger partial charge is 0.278 e. The molecule has 1 aliphatic rings. The highest BCUT2D eigenvalue weighted by molar-refractivity contribution is 7.10. The summed E-state index contributed by atoms with van der Waals surface area (Å²) in [6.07, 6.45) is 2.03. The Morgan fingerprint density at radius 1 is 1.36 bits per heavy atom. The number of benzene rings is 1. The van der Waals surface area contributed by atoms with Crippen LogP contribution in [0.1, 0.15) is 42.3 Å². The van der Waals surface area contributed by atoms with Crippen molar-refractivity contribution in [2.75, 3.05) is 20.2 Å². The van der Waals surface area contributed by atoms with E-state index in [1.54, 1.807) is 18.4 Å². The molecule has 1 amide bonds. The molecule has 0 saturated heterocycles. The van der Waals surface area contributed by atoms with Crippen molar-refractivity contribution in [3.63, 3.8) is 0 Å². The van der Waals surface area contributed by atoms with Gasteiger partial charge in [0, 0.05) is 11.4 Å². The minimum Gasteiger partial charge on any atom is -0.497 e. The van der Waals surface area contributed by atoms with E-state index in [1.807, 2.05) is 12.1 Å². The van der Waals surface area contributed by atoms with E-state index in [4.69, 9.17) is 4.74 Å². The van der Waals surface area contributed by atoms with Crippen LogP contribution in [0.4, 0.5) is 0 Å². The lowest BCUT2D eigenvalue weighted by Crippen LogP contribution is -2.91. The van der Waals surface area contributed by atoms with Crippen LogP contribution in [0.25, 0.3) is 0 Å². The van der Waals surface area contributed by atoms with Gasteiger partial charge in [-0.3, -0.25) is 4.79 Å². The zero-order valence-corrected chi connectivity index (χ0v) is 16.0. The standard InChI is InChI=1S/C20H26N2O2S/c1-4-14(2)21-13-19(23)22-11-9-18-17(10-12-25-18)20(22)15-5-7-16(24-3)8-6-15/h5-8,10,12,14,20-21H,4,9,11,13H2,1-3H3/p+1/t14-,20-/m1/s1. The molecule has 0 aliphatic carbocycles. The van der Waals surface area contributed by atoms with E-state index >= 15 is 0 Å². The second kappa shape index (κ2) is 8.02. The first kappa shape index (κ1) is 18.0. The van der Waals surface area contributed by atoms with Gasteiger partial charge in [-0.25, -0.2) is 0 Å². The van der Waals surface area contributed by atoms with E-state index in [-0.39, 0.29) is 11.9 Å². The molecule has 0 spiro atoms. The predicted molar refractivity (Wildman–Crippen MR) is 101 cm³/mol. The number of methoxy groups -OCH3 is 1. The lowest BCUT2D eigenvalue weighted by molar-refractivity contribution is -0.676. The van der Waals surface area contributed by atoms with Crippen LogP contribution in [0.15, 0.2) is 35.7 Å². The van der Waals surface area contributed by atoms with E-state index < -0.39 is 0 Å². The summed E-state index contributed by atoms with van der Waals surface area (Å²) in [5.74, 6) is 1.06. The van der Waals surface area contributed by atoms with Gasteiger partial charge in [-0.1, -0.05) is 19.1 Å². The predicted octanol–water partition coefficient (Wildman–Crippen LogP) is 2.59. The molecule has 1 aromatic carbocycles. The molecule has 0 radical (unpaired) electrons. The lowest BCUT2D eigenvalue weighted by Gasteiger charge is -2.36. The lowest BCUT2D eigenvalue weighted by atomic mass is 9.93. The molecule has 2 N–H and O–H groups in total. The van der Waals surface area contributed by atoms with E-state index in [2.05, 4.69) is 47.6 Å². The fraction of sp³-hybridized carbons (Fsp3) is 0.450. The number of carbonyl (C=O) groups is 1. The summed E-state index contributed by atoms with van der Waals surface area (Å²) < 4.78 is 5.28. The van der Waals surface area contributed by atoms with Gasteiger partial charge in [0.15, 0.2) is 6.54 Å². The molecule has 0 saturated carbocycles. The Morgan fingerprint density at radius 2 is 2.12 bits per heavy atom. The largest absolute Gasteiger partial charge is 0.497 e. The Bertz CT molecular complexity index is 711. The molecule has 2 aromatic rings. The molecular formula is C20H27N2O2S+. The molecule has 134 valence electrons. The minimum atomic E-state index is 0.0127. The van der Waals surface area contributed by atoms with Crippen molar-refractivity contribution in [3.8, 4) is 5.75 Å². The number of thiophene rings is 1. The highest BCUT2D eigenvalue weighted by Gasteiger charge is 2.33. The zero-order chi connectivity index (χ0) is 17.8. The third-order valence-electron chi connectivity index (χ3n) is 5.06. The third kappa shape index (κ3) is 3.88. The number of hydrogen-bond donors (Lipinski definition) is 1. The topological polar surface area (TPSA) is 46.2 Å². The van der Waals surface area contributed by atoms with Crippen molar-refractivity contribution in [2.45, 2.75) is 38.8 Å². The van der Waals surface area contributed by atoms with E-state index in [9.17, 15) is 4.79 Å². The molecule has 2 heterocycles. The maximum Gasteiger partial charge on any atom is 0.278 e. The first-order valence-electron chi connectivity index (χ1n) is 8.97. The number of nitrogens with two attached hydrogens (primary N) is 1. The molecule has 2 atom stereocenters. The Morgan fingerprint density at radius 3 is 2.80 bits per heavy atom. The summed E-state index contributed by atoms with van der Waals surface area (Å²) in [6, 6.07) is 10.8. The second-order valence-electron chi connectivity index (χ2n) is 6.64. The Kier molecular flexibility index (Phi) is 5.76. The first-order chi connectivity index (χ1) is 12.1. The number of carbonyl (C=O) groups excluding carboxylic acids is 1. The minimum absolute atomic E-state index is 0.0127. The van der Waals surface area contributed by atoms with Crippen molar-refractivity contribution in [1.29, 1.82) is 0 Å². The maximum absolute atomic E-state index is 12.9. The molecule has 0 unspecified atom stereocenters. The Hall–Kier alpha value is -1.85. The van der Waals surface area contributed by atoms with E-state index in [0.717, 1.165) is 30.7 Å². The molecule has 1 aromatic heterocycles. The molecule has 5 heteroatoms. The van der Waals surface area contributed by atoms with Crippen molar-refractivity contribution in [1.82, 2.24) is 4.90 Å². The highest BCUT2D eigenvalue weighted by Crippen LogP contribution is 2.38. The van der Waals surface area contributed by atoms with Gasteiger partial charge < -0.3 is 15.0 Å². The second-order valence-corrected chi connectivity index (χ2v) is 7.64. The van der Waals surface area contributed by atoms with Gasteiger partial charge in [-0.15, -0.1) is 11.3 Å². The summed E-state index contributed by atoms with van der Waals surface area (Å²) in [5.41, 5.74) is 2.43. The fourth-order valence-electron chi connectivity index (χ4n) is 3.32. The first-order valence-corrected chi connectivity index (χ1v) is 9.85. The Labute approximate surface area is 153 Å². The van der Waals surface area contributed by atoms with Gasteiger partial charge in [-0.2, -0.15) is 0 Å². The zero-order valence-electron chi connectivity index (χ0n) is 15.2. The van der Waals surface area contributed by atoms with Gasteiger partial charge in [-0.05, 0) is 54.5 Å². The summed E-state index contributed by atoms with van der Waals surface area (Å²) in [4.78, 5) is 16.4. The van der Waals surface area contributed by atoms with Crippen LogP contribution in [0, 0.1) is 0 Å². The molecular weight excluding hydrogens is 332 g/mol.